The molecule has 0 radical (unpaired) electrons. The molecule has 0 saturated carbocycles. The lowest BCUT2D eigenvalue weighted by Gasteiger charge is -2.34. The second-order valence-electron chi connectivity index (χ2n) is 3.82. The third kappa shape index (κ3) is 3.25. The van der Waals surface area contributed by atoms with Crippen molar-refractivity contribution in [2.24, 2.45) is 5.92 Å². The molecule has 0 heterocycles. The Kier molecular flexibility index (Phi) is 4.60. The molecule has 1 rings (SSSR count). The molecule has 0 amide bonds. The Labute approximate surface area is 99.7 Å². The molecule has 0 bridgehead atoms. The van der Waals surface area contributed by atoms with Gasteiger partial charge in [0, 0.05) is 6.61 Å². The highest BCUT2D eigenvalue weighted by molar-refractivity contribution is 5.75. The van der Waals surface area contributed by atoms with E-state index in [0.29, 0.717) is 12.9 Å². The largest absolute Gasteiger partial charge is 0.481 e. The zero-order valence-corrected chi connectivity index (χ0v) is 9.83. The standard InChI is InChI=1S/C12H16O5/c1-3-16-10(8-13)17-12(2)7-5-4-6-9(12)11(14)15/h4-10H,3H2,1-2H3,(H,14,15). The van der Waals surface area contributed by atoms with Gasteiger partial charge in [0.05, 0.1) is 0 Å². The number of carboxylic acid groups (broad SMARTS) is 1. The van der Waals surface area contributed by atoms with Crippen molar-refractivity contribution in [2.45, 2.75) is 25.7 Å². The van der Waals surface area contributed by atoms with Crippen molar-refractivity contribution >= 4 is 12.3 Å². The monoisotopic (exact) mass is 240 g/mol. The number of hydrogen-bond donors (Lipinski definition) is 1. The fraction of sp³-hybridized carbons (Fsp3) is 0.500. The van der Waals surface area contributed by atoms with Gasteiger partial charge in [-0.1, -0.05) is 24.3 Å². The maximum Gasteiger partial charge on any atom is 0.313 e. The van der Waals surface area contributed by atoms with Crippen LogP contribution < -0.4 is 0 Å². The number of hydrogen-bond acceptors (Lipinski definition) is 4. The summed E-state index contributed by atoms with van der Waals surface area (Å²) in [6.45, 7) is 3.66. The third-order valence-electron chi connectivity index (χ3n) is 2.54. The van der Waals surface area contributed by atoms with Gasteiger partial charge in [0.25, 0.3) is 0 Å². The normalized spacial score (nSPS) is 28.9. The van der Waals surface area contributed by atoms with Gasteiger partial charge in [-0.15, -0.1) is 0 Å². The molecule has 3 unspecified atom stereocenters. The fourth-order valence-electron chi connectivity index (χ4n) is 1.67. The molecular formula is C12H16O5. The molecule has 1 aliphatic rings. The number of rotatable bonds is 6. The van der Waals surface area contributed by atoms with Crippen LogP contribution in [0.25, 0.3) is 0 Å². The molecular weight excluding hydrogens is 224 g/mol. The fourth-order valence-corrected chi connectivity index (χ4v) is 1.67. The van der Waals surface area contributed by atoms with Crippen LogP contribution in [0.15, 0.2) is 24.3 Å². The summed E-state index contributed by atoms with van der Waals surface area (Å²) in [6.07, 6.45) is 5.92. The Bertz CT molecular complexity index is 347. The average molecular weight is 240 g/mol. The van der Waals surface area contributed by atoms with Crippen molar-refractivity contribution in [3.8, 4) is 0 Å². The smallest absolute Gasteiger partial charge is 0.313 e. The Hall–Kier alpha value is -1.46. The van der Waals surface area contributed by atoms with Crippen LogP contribution in [0.1, 0.15) is 13.8 Å². The topological polar surface area (TPSA) is 72.8 Å². The molecule has 0 spiro atoms. The minimum atomic E-state index is -1.08. The van der Waals surface area contributed by atoms with Crippen molar-refractivity contribution in [3.63, 3.8) is 0 Å². The van der Waals surface area contributed by atoms with Crippen molar-refractivity contribution < 1.29 is 24.2 Å². The third-order valence-corrected chi connectivity index (χ3v) is 2.54. The summed E-state index contributed by atoms with van der Waals surface area (Å²) in [7, 11) is 0. The summed E-state index contributed by atoms with van der Waals surface area (Å²) in [5.41, 5.74) is -1.08. The molecule has 0 fully saturated rings. The second kappa shape index (κ2) is 5.75. The van der Waals surface area contributed by atoms with E-state index in [1.807, 2.05) is 0 Å². The highest BCUT2D eigenvalue weighted by Gasteiger charge is 2.39. The molecule has 1 N–H and O–H groups in total. The first-order chi connectivity index (χ1) is 8.03. The van der Waals surface area contributed by atoms with Gasteiger partial charge < -0.3 is 14.6 Å². The van der Waals surface area contributed by atoms with E-state index in [4.69, 9.17) is 14.6 Å². The lowest BCUT2D eigenvalue weighted by molar-refractivity contribution is -0.197. The van der Waals surface area contributed by atoms with Crippen molar-refractivity contribution in [3.05, 3.63) is 24.3 Å². The van der Waals surface area contributed by atoms with Crippen molar-refractivity contribution in [1.29, 1.82) is 0 Å². The quantitative estimate of drug-likeness (QED) is 0.557. The van der Waals surface area contributed by atoms with E-state index in [2.05, 4.69) is 0 Å². The number of ether oxygens (including phenoxy) is 2. The SMILES string of the molecule is CCOC(C=O)OC1(C)C=CC=CC1C(=O)O. The number of carbonyl (C=O) groups is 2. The number of aldehydes is 1. The van der Waals surface area contributed by atoms with Gasteiger partial charge in [0.15, 0.2) is 6.29 Å². The summed E-state index contributed by atoms with van der Waals surface area (Å²) < 4.78 is 10.5. The van der Waals surface area contributed by atoms with Crippen molar-refractivity contribution in [1.82, 2.24) is 0 Å². The maximum atomic E-state index is 11.1. The number of carboxylic acids is 1. The molecule has 0 aromatic rings. The van der Waals surface area contributed by atoms with Gasteiger partial charge >= 0.3 is 5.97 Å². The highest BCUT2D eigenvalue weighted by Crippen LogP contribution is 2.29. The molecule has 3 atom stereocenters. The van der Waals surface area contributed by atoms with Crippen LogP contribution in [0.2, 0.25) is 0 Å². The zero-order valence-electron chi connectivity index (χ0n) is 9.83. The van der Waals surface area contributed by atoms with Crippen LogP contribution >= 0.6 is 0 Å². The summed E-state index contributed by atoms with van der Waals surface area (Å²) in [4.78, 5) is 21.9. The van der Waals surface area contributed by atoms with Gasteiger partial charge in [0.2, 0.25) is 6.29 Å². The van der Waals surface area contributed by atoms with Crippen LogP contribution in [0.5, 0.6) is 0 Å². The lowest BCUT2D eigenvalue weighted by Crippen LogP contribution is -2.44. The molecule has 5 nitrogen and oxygen atoms in total. The summed E-state index contributed by atoms with van der Waals surface area (Å²) in [5, 5.41) is 9.10. The molecule has 17 heavy (non-hydrogen) atoms. The molecule has 0 aromatic carbocycles. The van der Waals surface area contributed by atoms with Crippen LogP contribution in [0, 0.1) is 5.92 Å². The zero-order chi connectivity index (χ0) is 12.9. The minimum absolute atomic E-state index is 0.316. The molecule has 5 heteroatoms. The number of allylic oxidation sites excluding steroid dienone is 2. The number of aliphatic carboxylic acids is 1. The van der Waals surface area contributed by atoms with E-state index in [0.717, 1.165) is 0 Å². The van der Waals surface area contributed by atoms with Gasteiger partial charge in [-0.2, -0.15) is 0 Å². The van der Waals surface area contributed by atoms with Crippen LogP contribution in [-0.2, 0) is 19.1 Å². The Morgan fingerprint density at radius 3 is 2.82 bits per heavy atom. The summed E-state index contributed by atoms with van der Waals surface area (Å²) >= 11 is 0. The van der Waals surface area contributed by atoms with Gasteiger partial charge in [-0.3, -0.25) is 9.59 Å². The first-order valence-corrected chi connectivity index (χ1v) is 5.37. The molecule has 1 aliphatic carbocycles. The Balaban J connectivity index is 2.83. The first kappa shape index (κ1) is 13.6. The first-order valence-electron chi connectivity index (χ1n) is 5.37. The van der Waals surface area contributed by atoms with Gasteiger partial charge in [-0.25, -0.2) is 0 Å². The van der Waals surface area contributed by atoms with E-state index in [1.165, 1.54) is 6.08 Å². The Morgan fingerprint density at radius 1 is 1.59 bits per heavy atom. The summed E-state index contributed by atoms with van der Waals surface area (Å²) in [5.74, 6) is -1.84. The number of carbonyl (C=O) groups excluding carboxylic acids is 1. The summed E-state index contributed by atoms with van der Waals surface area (Å²) in [6, 6.07) is 0. The predicted molar refractivity (Wildman–Crippen MR) is 60.4 cm³/mol. The van der Waals surface area contributed by atoms with Crippen LogP contribution in [0.3, 0.4) is 0 Å². The second-order valence-corrected chi connectivity index (χ2v) is 3.82. The van der Waals surface area contributed by atoms with Crippen molar-refractivity contribution in [2.75, 3.05) is 6.61 Å². The van der Waals surface area contributed by atoms with E-state index in [1.54, 1.807) is 32.1 Å². The molecule has 94 valence electrons. The van der Waals surface area contributed by atoms with Crippen LogP contribution in [0.4, 0.5) is 0 Å². The van der Waals surface area contributed by atoms with E-state index in [9.17, 15) is 9.59 Å². The van der Waals surface area contributed by atoms with E-state index in [-0.39, 0.29) is 0 Å². The molecule has 0 aliphatic heterocycles. The Morgan fingerprint density at radius 2 is 2.29 bits per heavy atom. The van der Waals surface area contributed by atoms with Gasteiger partial charge in [-0.05, 0) is 13.8 Å². The minimum Gasteiger partial charge on any atom is -0.481 e. The van der Waals surface area contributed by atoms with E-state index >= 15 is 0 Å². The average Bonchev–Trinajstić information content (AvgIpc) is 2.28. The highest BCUT2D eigenvalue weighted by atomic mass is 16.7. The molecule has 0 saturated heterocycles. The van der Waals surface area contributed by atoms with Gasteiger partial charge in [0.1, 0.15) is 11.5 Å². The maximum absolute atomic E-state index is 11.1. The molecule has 0 aromatic heterocycles. The lowest BCUT2D eigenvalue weighted by atomic mass is 9.85. The van der Waals surface area contributed by atoms with Crippen LogP contribution in [-0.4, -0.2) is 35.9 Å². The van der Waals surface area contributed by atoms with E-state index < -0.39 is 23.8 Å². The predicted octanol–water partition coefficient (Wildman–Crippen LogP) is 1.15.